The van der Waals surface area contributed by atoms with E-state index in [1.807, 2.05) is 42.6 Å². The molecule has 1 aromatic heterocycles. The second-order valence-electron chi connectivity index (χ2n) is 8.17. The van der Waals surface area contributed by atoms with Crippen LogP contribution in [-0.4, -0.2) is 4.98 Å². The van der Waals surface area contributed by atoms with Gasteiger partial charge in [0.1, 0.15) is 11.6 Å². The summed E-state index contributed by atoms with van der Waals surface area (Å²) < 4.78 is 67.1. The molecule has 3 aromatic carbocycles. The quantitative estimate of drug-likeness (QED) is 0.198. The number of hydrogen-bond donors (Lipinski definition) is 0. The van der Waals surface area contributed by atoms with E-state index in [1.54, 1.807) is 12.1 Å². The molecule has 1 heterocycles. The van der Waals surface area contributed by atoms with Crippen LogP contribution >= 0.6 is 0 Å². The molecule has 0 N–H and O–H groups in total. The molecule has 0 radical (unpaired) electrons. The number of pyridine rings is 1. The van der Waals surface area contributed by atoms with Gasteiger partial charge in [-0.15, -0.1) is 6.58 Å². The number of alkyl halides is 3. The van der Waals surface area contributed by atoms with E-state index in [2.05, 4.69) is 11.6 Å². The molecule has 0 aliphatic heterocycles. The summed E-state index contributed by atoms with van der Waals surface area (Å²) in [6.07, 6.45) is 1.17. The van der Waals surface area contributed by atoms with Crippen molar-refractivity contribution in [3.8, 4) is 11.3 Å². The molecule has 0 spiro atoms. The summed E-state index contributed by atoms with van der Waals surface area (Å²) in [5.74, 6) is -1.71. The van der Waals surface area contributed by atoms with Gasteiger partial charge in [-0.2, -0.15) is 13.2 Å². The lowest BCUT2D eigenvalue weighted by atomic mass is 9.98. The van der Waals surface area contributed by atoms with Crippen molar-refractivity contribution >= 4 is 10.8 Å². The molecule has 6 heteroatoms. The first-order chi connectivity index (χ1) is 16.3. The SMILES string of the molecule is C=CCCc1ccc(-c2ccc3c(F)c(CCc4ccc(C(F)(F)F)c(F)c4)ccc3c2)nc1. The molecule has 0 bridgehead atoms. The van der Waals surface area contributed by atoms with Crippen LogP contribution in [0.3, 0.4) is 0 Å². The molecule has 0 amide bonds. The number of aryl methyl sites for hydroxylation is 3. The Labute approximate surface area is 194 Å². The van der Waals surface area contributed by atoms with Gasteiger partial charge in [0.15, 0.2) is 0 Å². The summed E-state index contributed by atoms with van der Waals surface area (Å²) >= 11 is 0. The number of hydrogen-bond acceptors (Lipinski definition) is 1. The number of halogens is 5. The zero-order valence-electron chi connectivity index (χ0n) is 18.3. The number of fused-ring (bicyclic) bond motifs is 1. The van der Waals surface area contributed by atoms with Crippen molar-refractivity contribution in [1.29, 1.82) is 0 Å². The lowest BCUT2D eigenvalue weighted by Crippen LogP contribution is -2.08. The molecule has 0 atom stereocenters. The Morgan fingerprint density at radius 1 is 0.824 bits per heavy atom. The molecule has 0 unspecified atom stereocenters. The first kappa shape index (κ1) is 23.6. The van der Waals surface area contributed by atoms with Crippen molar-refractivity contribution < 1.29 is 22.0 Å². The van der Waals surface area contributed by atoms with Crippen molar-refractivity contribution in [2.75, 3.05) is 0 Å². The molecule has 0 aliphatic carbocycles. The highest BCUT2D eigenvalue weighted by atomic mass is 19.4. The van der Waals surface area contributed by atoms with Crippen LogP contribution in [0, 0.1) is 11.6 Å². The minimum atomic E-state index is -4.74. The smallest absolute Gasteiger partial charge is 0.256 e. The van der Waals surface area contributed by atoms with E-state index in [1.165, 1.54) is 6.07 Å². The number of rotatable bonds is 7. The maximum absolute atomic E-state index is 15.1. The fourth-order valence-corrected chi connectivity index (χ4v) is 3.92. The highest BCUT2D eigenvalue weighted by Crippen LogP contribution is 2.32. The summed E-state index contributed by atoms with van der Waals surface area (Å²) in [6, 6.07) is 15.6. The molecule has 174 valence electrons. The maximum Gasteiger partial charge on any atom is 0.419 e. The predicted octanol–water partition coefficient (Wildman–Crippen LogP) is 8.10. The number of nitrogens with zero attached hydrogens (tertiary/aromatic N) is 1. The molecule has 0 aliphatic rings. The van der Waals surface area contributed by atoms with Gasteiger partial charge in [-0.25, -0.2) is 8.78 Å². The fourth-order valence-electron chi connectivity index (χ4n) is 3.92. The summed E-state index contributed by atoms with van der Waals surface area (Å²) in [5, 5.41) is 1.17. The number of allylic oxidation sites excluding steroid dienone is 1. The first-order valence-electron chi connectivity index (χ1n) is 10.9. The summed E-state index contributed by atoms with van der Waals surface area (Å²) in [4.78, 5) is 4.51. The fraction of sp³-hybridized carbons (Fsp3) is 0.179. The molecular weight excluding hydrogens is 445 g/mol. The Kier molecular flexibility index (Phi) is 6.77. The standard InChI is InChI=1S/C28H22F5N/c1-2-3-4-19-7-14-26(34-17-19)22-11-12-23-21(16-22)10-9-20(27(23)30)8-5-18-6-13-24(25(29)15-18)28(31,32)33/h2,6-7,9-17H,1,3-5,8H2. The van der Waals surface area contributed by atoms with Crippen molar-refractivity contribution in [2.45, 2.75) is 31.9 Å². The van der Waals surface area contributed by atoms with E-state index < -0.39 is 17.6 Å². The van der Waals surface area contributed by atoms with Gasteiger partial charge in [0.2, 0.25) is 0 Å². The molecule has 4 aromatic rings. The highest BCUT2D eigenvalue weighted by molar-refractivity contribution is 5.88. The van der Waals surface area contributed by atoms with Crippen LogP contribution in [0.2, 0.25) is 0 Å². The zero-order chi connectivity index (χ0) is 24.3. The topological polar surface area (TPSA) is 12.9 Å². The van der Waals surface area contributed by atoms with Crippen molar-refractivity contribution in [1.82, 2.24) is 4.98 Å². The first-order valence-corrected chi connectivity index (χ1v) is 10.9. The van der Waals surface area contributed by atoms with Crippen LogP contribution in [0.25, 0.3) is 22.0 Å². The highest BCUT2D eigenvalue weighted by Gasteiger charge is 2.33. The van der Waals surface area contributed by atoms with Crippen molar-refractivity contribution in [2.24, 2.45) is 0 Å². The van der Waals surface area contributed by atoms with E-state index >= 15 is 4.39 Å². The predicted molar refractivity (Wildman–Crippen MR) is 124 cm³/mol. The van der Waals surface area contributed by atoms with Crippen LogP contribution in [0.4, 0.5) is 22.0 Å². The number of benzene rings is 3. The average Bonchev–Trinajstić information content (AvgIpc) is 2.81. The minimum Gasteiger partial charge on any atom is -0.256 e. The Bertz CT molecular complexity index is 1320. The third-order valence-electron chi connectivity index (χ3n) is 5.81. The lowest BCUT2D eigenvalue weighted by Gasteiger charge is -2.11. The third kappa shape index (κ3) is 5.16. The normalized spacial score (nSPS) is 11.7. The van der Waals surface area contributed by atoms with E-state index in [0.29, 0.717) is 16.5 Å². The van der Waals surface area contributed by atoms with Gasteiger partial charge in [-0.05, 0) is 72.0 Å². The second kappa shape index (κ2) is 9.75. The van der Waals surface area contributed by atoms with Gasteiger partial charge in [0, 0.05) is 17.1 Å². The van der Waals surface area contributed by atoms with Crippen molar-refractivity contribution in [3.63, 3.8) is 0 Å². The van der Waals surface area contributed by atoms with Gasteiger partial charge in [0.05, 0.1) is 11.3 Å². The molecule has 0 saturated carbocycles. The number of aromatic nitrogens is 1. The summed E-state index contributed by atoms with van der Waals surface area (Å²) in [6.45, 7) is 3.72. The minimum absolute atomic E-state index is 0.220. The van der Waals surface area contributed by atoms with Gasteiger partial charge >= 0.3 is 6.18 Å². The second-order valence-corrected chi connectivity index (χ2v) is 8.17. The van der Waals surface area contributed by atoms with E-state index in [0.717, 1.165) is 47.2 Å². The molecule has 34 heavy (non-hydrogen) atoms. The molecule has 0 saturated heterocycles. The monoisotopic (exact) mass is 467 g/mol. The average molecular weight is 467 g/mol. The van der Waals surface area contributed by atoms with E-state index in [4.69, 9.17) is 0 Å². The van der Waals surface area contributed by atoms with Gasteiger partial charge < -0.3 is 0 Å². The molecular formula is C28H22F5N. The van der Waals surface area contributed by atoms with Crippen LogP contribution in [0.1, 0.15) is 28.7 Å². The summed E-state index contributed by atoms with van der Waals surface area (Å²) in [7, 11) is 0. The summed E-state index contributed by atoms with van der Waals surface area (Å²) in [5.41, 5.74) is 2.28. The third-order valence-corrected chi connectivity index (χ3v) is 5.81. The zero-order valence-corrected chi connectivity index (χ0v) is 18.3. The Morgan fingerprint density at radius 2 is 1.62 bits per heavy atom. The van der Waals surface area contributed by atoms with E-state index in [9.17, 15) is 17.6 Å². The van der Waals surface area contributed by atoms with Crippen LogP contribution in [0.15, 0.2) is 79.5 Å². The molecule has 4 rings (SSSR count). The Morgan fingerprint density at radius 3 is 2.29 bits per heavy atom. The largest absolute Gasteiger partial charge is 0.419 e. The maximum atomic E-state index is 15.1. The van der Waals surface area contributed by atoms with Crippen LogP contribution in [0.5, 0.6) is 0 Å². The van der Waals surface area contributed by atoms with Crippen LogP contribution in [-0.2, 0) is 25.4 Å². The lowest BCUT2D eigenvalue weighted by molar-refractivity contribution is -0.140. The molecule has 0 fully saturated rings. The Balaban J connectivity index is 1.52. The van der Waals surface area contributed by atoms with Gasteiger partial charge in [-0.3, -0.25) is 4.98 Å². The van der Waals surface area contributed by atoms with Crippen molar-refractivity contribution in [3.05, 3.63) is 113 Å². The van der Waals surface area contributed by atoms with Gasteiger partial charge in [0.25, 0.3) is 0 Å². The van der Waals surface area contributed by atoms with Crippen LogP contribution < -0.4 is 0 Å². The molecule has 1 nitrogen and oxygen atoms in total. The van der Waals surface area contributed by atoms with Gasteiger partial charge in [-0.1, -0.05) is 42.5 Å². The van der Waals surface area contributed by atoms with E-state index in [-0.39, 0.29) is 18.7 Å². The Hall–Kier alpha value is -3.54.